The quantitative estimate of drug-likeness (QED) is 0.627. The first-order valence-electron chi connectivity index (χ1n) is 12.2. The van der Waals surface area contributed by atoms with E-state index in [0.29, 0.717) is 12.0 Å². The van der Waals surface area contributed by atoms with Crippen molar-refractivity contribution >= 4 is 12.0 Å². The Kier molecular flexibility index (Phi) is 7.84. The number of phenolic OH excluding ortho intramolecular Hbond substituents is 1. The molecular weight excluding hydrogens is 410 g/mol. The summed E-state index contributed by atoms with van der Waals surface area (Å²) in [6, 6.07) is 16.4. The zero-order chi connectivity index (χ0) is 23.2. The molecule has 1 N–H and O–H groups in total. The molecule has 1 amide bonds. The normalized spacial score (nSPS) is 19.3. The summed E-state index contributed by atoms with van der Waals surface area (Å²) in [5.41, 5.74) is 3.93. The molecule has 1 heterocycles. The number of nitrogens with zero attached hydrogens (tertiary/aromatic N) is 3. The van der Waals surface area contributed by atoms with Gasteiger partial charge in [0.15, 0.2) is 0 Å². The summed E-state index contributed by atoms with van der Waals surface area (Å²) >= 11 is 0. The Balaban J connectivity index is 1.38. The summed E-state index contributed by atoms with van der Waals surface area (Å²) in [4.78, 5) is 19.9. The van der Waals surface area contributed by atoms with Crippen LogP contribution in [0.15, 0.2) is 54.6 Å². The number of likely N-dealkylation sites (N-methyl/N-ethyl adjacent to an activating group) is 1. The number of carbonyl (C=O) groups excluding carboxylic acids is 1. The van der Waals surface area contributed by atoms with Gasteiger partial charge in [-0.1, -0.05) is 36.4 Å². The SMILES string of the molecule is CN(C)CCN(CC1CCCN(C2Cc3ccccc3C2)C1)C(=O)/C=C/c1ccc(O)cc1. The number of fused-ring (bicyclic) bond motifs is 1. The van der Waals surface area contributed by atoms with E-state index in [-0.39, 0.29) is 11.7 Å². The minimum atomic E-state index is 0.0651. The Labute approximate surface area is 198 Å². The molecule has 0 spiro atoms. The Hall–Kier alpha value is -2.63. The van der Waals surface area contributed by atoms with Crippen LogP contribution in [-0.2, 0) is 17.6 Å². The molecule has 0 aromatic heterocycles. The molecule has 0 saturated carbocycles. The lowest BCUT2D eigenvalue weighted by Crippen LogP contribution is -2.47. The van der Waals surface area contributed by atoms with E-state index in [0.717, 1.165) is 44.6 Å². The predicted molar refractivity (Wildman–Crippen MR) is 134 cm³/mol. The highest BCUT2D eigenvalue weighted by molar-refractivity contribution is 5.91. The number of hydrogen-bond acceptors (Lipinski definition) is 4. The number of aromatic hydroxyl groups is 1. The molecule has 0 radical (unpaired) electrons. The van der Waals surface area contributed by atoms with Gasteiger partial charge in [0.2, 0.25) is 5.91 Å². The van der Waals surface area contributed by atoms with E-state index in [9.17, 15) is 9.90 Å². The molecular formula is C28H37N3O2. The summed E-state index contributed by atoms with van der Waals surface area (Å²) in [6.45, 7) is 4.64. The molecule has 1 fully saturated rings. The summed E-state index contributed by atoms with van der Waals surface area (Å²) in [6.07, 6.45) is 8.22. The van der Waals surface area contributed by atoms with Gasteiger partial charge in [-0.2, -0.15) is 0 Å². The molecule has 2 aliphatic rings. The zero-order valence-corrected chi connectivity index (χ0v) is 20.0. The van der Waals surface area contributed by atoms with Crippen molar-refractivity contribution in [2.75, 3.05) is 46.8 Å². The van der Waals surface area contributed by atoms with Crippen LogP contribution in [0.4, 0.5) is 0 Å². The molecule has 5 heteroatoms. The van der Waals surface area contributed by atoms with Crippen molar-refractivity contribution in [2.45, 2.75) is 31.7 Å². The molecule has 1 atom stereocenters. The topological polar surface area (TPSA) is 47.0 Å². The van der Waals surface area contributed by atoms with Gasteiger partial charge < -0.3 is 14.9 Å². The molecule has 1 aliphatic carbocycles. The van der Waals surface area contributed by atoms with Crippen LogP contribution >= 0.6 is 0 Å². The van der Waals surface area contributed by atoms with Gasteiger partial charge in [-0.3, -0.25) is 9.69 Å². The predicted octanol–water partition coefficient (Wildman–Crippen LogP) is 3.68. The maximum atomic E-state index is 13.1. The Morgan fingerprint density at radius 2 is 1.76 bits per heavy atom. The van der Waals surface area contributed by atoms with Crippen LogP contribution in [0.3, 0.4) is 0 Å². The Morgan fingerprint density at radius 1 is 1.06 bits per heavy atom. The van der Waals surface area contributed by atoms with E-state index in [1.165, 1.54) is 30.5 Å². The van der Waals surface area contributed by atoms with Crippen LogP contribution < -0.4 is 0 Å². The first-order chi connectivity index (χ1) is 16.0. The summed E-state index contributed by atoms with van der Waals surface area (Å²) in [5, 5.41) is 9.47. The van der Waals surface area contributed by atoms with Crippen LogP contribution in [-0.4, -0.2) is 78.6 Å². The van der Waals surface area contributed by atoms with Crippen LogP contribution in [0.1, 0.15) is 29.5 Å². The minimum absolute atomic E-state index is 0.0651. The van der Waals surface area contributed by atoms with E-state index in [2.05, 4.69) is 48.2 Å². The van der Waals surface area contributed by atoms with Gasteiger partial charge in [0.25, 0.3) is 0 Å². The summed E-state index contributed by atoms with van der Waals surface area (Å²) < 4.78 is 0. The molecule has 5 nitrogen and oxygen atoms in total. The molecule has 176 valence electrons. The van der Waals surface area contributed by atoms with Crippen molar-refractivity contribution in [3.8, 4) is 5.75 Å². The Morgan fingerprint density at radius 3 is 2.42 bits per heavy atom. The highest BCUT2D eigenvalue weighted by atomic mass is 16.3. The number of likely N-dealkylation sites (tertiary alicyclic amines) is 1. The smallest absolute Gasteiger partial charge is 0.246 e. The monoisotopic (exact) mass is 447 g/mol. The van der Waals surface area contributed by atoms with Crippen LogP contribution in [0.25, 0.3) is 6.08 Å². The molecule has 1 unspecified atom stereocenters. The van der Waals surface area contributed by atoms with Crippen molar-refractivity contribution in [3.63, 3.8) is 0 Å². The van der Waals surface area contributed by atoms with Gasteiger partial charge in [0.05, 0.1) is 0 Å². The molecule has 1 aliphatic heterocycles. The largest absolute Gasteiger partial charge is 0.508 e. The van der Waals surface area contributed by atoms with Gasteiger partial charge >= 0.3 is 0 Å². The average molecular weight is 448 g/mol. The fraction of sp³-hybridized carbons (Fsp3) is 0.464. The standard InChI is InChI=1S/C28H37N3O2/c1-29(2)16-17-31(28(33)14-11-22-9-12-27(32)13-10-22)21-23-6-5-15-30(20-23)26-18-24-7-3-4-8-25(24)19-26/h3-4,7-14,23,26,32H,5-6,15-21H2,1-2H3/b14-11+. The number of phenols is 1. The van der Waals surface area contributed by atoms with Crippen LogP contribution in [0.2, 0.25) is 0 Å². The van der Waals surface area contributed by atoms with Crippen molar-refractivity contribution in [2.24, 2.45) is 5.92 Å². The molecule has 33 heavy (non-hydrogen) atoms. The maximum absolute atomic E-state index is 13.1. The third-order valence-corrected chi connectivity index (χ3v) is 7.02. The molecule has 2 aromatic carbocycles. The lowest BCUT2D eigenvalue weighted by Gasteiger charge is -2.38. The lowest BCUT2D eigenvalue weighted by molar-refractivity contribution is -0.127. The second-order valence-corrected chi connectivity index (χ2v) is 9.85. The molecule has 0 bridgehead atoms. The lowest BCUT2D eigenvalue weighted by atomic mass is 9.95. The minimum Gasteiger partial charge on any atom is -0.508 e. The Bertz CT molecular complexity index is 929. The number of rotatable bonds is 8. The van der Waals surface area contributed by atoms with Crippen molar-refractivity contribution < 1.29 is 9.90 Å². The number of benzene rings is 2. The van der Waals surface area contributed by atoms with Crippen molar-refractivity contribution in [1.29, 1.82) is 0 Å². The van der Waals surface area contributed by atoms with E-state index in [1.807, 2.05) is 23.1 Å². The second-order valence-electron chi connectivity index (χ2n) is 9.85. The molecule has 1 saturated heterocycles. The zero-order valence-electron chi connectivity index (χ0n) is 20.0. The number of amides is 1. The van der Waals surface area contributed by atoms with Gasteiger partial charge in [-0.25, -0.2) is 0 Å². The van der Waals surface area contributed by atoms with E-state index >= 15 is 0 Å². The number of hydrogen-bond donors (Lipinski definition) is 1. The number of piperidine rings is 1. The molecule has 2 aromatic rings. The first kappa shape index (κ1) is 23.5. The fourth-order valence-electron chi connectivity index (χ4n) is 5.15. The van der Waals surface area contributed by atoms with Gasteiger partial charge in [-0.05, 0) is 87.1 Å². The highest BCUT2D eigenvalue weighted by Gasteiger charge is 2.31. The average Bonchev–Trinajstić information content (AvgIpc) is 3.26. The molecule has 4 rings (SSSR count). The van der Waals surface area contributed by atoms with E-state index in [4.69, 9.17) is 0 Å². The van der Waals surface area contributed by atoms with Crippen molar-refractivity contribution in [1.82, 2.24) is 14.7 Å². The number of carbonyl (C=O) groups is 1. The van der Waals surface area contributed by atoms with Gasteiger partial charge in [0, 0.05) is 38.3 Å². The third-order valence-electron chi connectivity index (χ3n) is 7.02. The fourth-order valence-corrected chi connectivity index (χ4v) is 5.15. The first-order valence-corrected chi connectivity index (χ1v) is 12.2. The summed E-state index contributed by atoms with van der Waals surface area (Å²) in [5.74, 6) is 0.810. The van der Waals surface area contributed by atoms with E-state index in [1.54, 1.807) is 18.2 Å². The van der Waals surface area contributed by atoms with Gasteiger partial charge in [-0.15, -0.1) is 0 Å². The third kappa shape index (κ3) is 6.46. The second kappa shape index (κ2) is 11.0. The van der Waals surface area contributed by atoms with E-state index < -0.39 is 0 Å². The maximum Gasteiger partial charge on any atom is 0.246 e. The van der Waals surface area contributed by atoms with Crippen LogP contribution in [0, 0.1) is 5.92 Å². The van der Waals surface area contributed by atoms with Crippen LogP contribution in [0.5, 0.6) is 5.75 Å². The van der Waals surface area contributed by atoms with Gasteiger partial charge in [0.1, 0.15) is 5.75 Å². The highest BCUT2D eigenvalue weighted by Crippen LogP contribution is 2.29. The van der Waals surface area contributed by atoms with Crippen molar-refractivity contribution in [3.05, 3.63) is 71.3 Å². The summed E-state index contributed by atoms with van der Waals surface area (Å²) in [7, 11) is 4.10.